The molecule has 1 aromatic carbocycles. The molecule has 0 atom stereocenters. The molecule has 1 aromatic heterocycles. The number of benzene rings is 1. The van der Waals surface area contributed by atoms with Crippen molar-refractivity contribution in [3.05, 3.63) is 54.0 Å². The maximum atomic E-state index is 11.4. The number of urea groups is 1. The molecule has 0 unspecified atom stereocenters. The normalized spacial score (nSPS) is 10.5. The Hall–Kier alpha value is -2.56. The number of hydrogen-bond acceptors (Lipinski definition) is 3. The SMILES string of the molecule is Cc1ccc(/C=N/NC(=O)Nc2ccccc2)o1. The number of anilines is 1. The van der Waals surface area contributed by atoms with Gasteiger partial charge in [-0.25, -0.2) is 10.2 Å². The average Bonchev–Trinajstić information content (AvgIpc) is 2.76. The van der Waals surface area contributed by atoms with Crippen LogP contribution in [0.15, 0.2) is 52.0 Å². The molecule has 2 aromatic rings. The van der Waals surface area contributed by atoms with E-state index in [0.29, 0.717) is 11.4 Å². The van der Waals surface area contributed by atoms with Crippen LogP contribution in [0.1, 0.15) is 11.5 Å². The number of nitrogens with one attached hydrogen (secondary N) is 2. The Morgan fingerprint density at radius 3 is 2.67 bits per heavy atom. The van der Waals surface area contributed by atoms with Gasteiger partial charge in [-0.15, -0.1) is 0 Å². The van der Waals surface area contributed by atoms with Crippen molar-refractivity contribution >= 4 is 17.9 Å². The van der Waals surface area contributed by atoms with Crippen LogP contribution >= 0.6 is 0 Å². The van der Waals surface area contributed by atoms with Gasteiger partial charge in [-0.3, -0.25) is 0 Å². The Morgan fingerprint density at radius 2 is 2.00 bits per heavy atom. The van der Waals surface area contributed by atoms with Crippen LogP contribution in [0.2, 0.25) is 0 Å². The van der Waals surface area contributed by atoms with Crippen LogP contribution in [0.4, 0.5) is 10.5 Å². The average molecular weight is 243 g/mol. The molecule has 0 aliphatic rings. The zero-order valence-electron chi connectivity index (χ0n) is 9.88. The van der Waals surface area contributed by atoms with Crippen molar-refractivity contribution in [1.29, 1.82) is 0 Å². The van der Waals surface area contributed by atoms with Crippen LogP contribution in [-0.2, 0) is 0 Å². The number of para-hydroxylation sites is 1. The Balaban J connectivity index is 1.83. The maximum Gasteiger partial charge on any atom is 0.339 e. The van der Waals surface area contributed by atoms with Crippen LogP contribution in [0.5, 0.6) is 0 Å². The second-order valence-electron chi connectivity index (χ2n) is 3.64. The van der Waals surface area contributed by atoms with Crippen LogP contribution in [0.3, 0.4) is 0 Å². The van der Waals surface area contributed by atoms with Crippen molar-refractivity contribution in [2.75, 3.05) is 5.32 Å². The van der Waals surface area contributed by atoms with Gasteiger partial charge in [0.05, 0.1) is 6.21 Å². The van der Waals surface area contributed by atoms with Gasteiger partial charge in [0, 0.05) is 5.69 Å². The third-order valence-corrected chi connectivity index (χ3v) is 2.15. The molecule has 0 saturated heterocycles. The summed E-state index contributed by atoms with van der Waals surface area (Å²) in [5.41, 5.74) is 3.06. The molecule has 5 heteroatoms. The lowest BCUT2D eigenvalue weighted by Crippen LogP contribution is -2.24. The minimum absolute atomic E-state index is 0.402. The highest BCUT2D eigenvalue weighted by Gasteiger charge is 1.98. The van der Waals surface area contributed by atoms with Gasteiger partial charge in [0.15, 0.2) is 0 Å². The van der Waals surface area contributed by atoms with E-state index in [1.165, 1.54) is 6.21 Å². The first-order valence-corrected chi connectivity index (χ1v) is 5.45. The van der Waals surface area contributed by atoms with E-state index in [9.17, 15) is 4.79 Å². The fourth-order valence-corrected chi connectivity index (χ4v) is 1.36. The Kier molecular flexibility index (Phi) is 3.76. The second-order valence-corrected chi connectivity index (χ2v) is 3.64. The highest BCUT2D eigenvalue weighted by atomic mass is 16.3. The summed E-state index contributed by atoms with van der Waals surface area (Å²) in [6.45, 7) is 1.84. The van der Waals surface area contributed by atoms with Crippen LogP contribution in [0, 0.1) is 6.92 Å². The Bertz CT molecular complexity index is 546. The number of nitrogens with zero attached hydrogens (tertiary/aromatic N) is 1. The molecule has 0 bridgehead atoms. The minimum Gasteiger partial charge on any atom is -0.460 e. The third-order valence-electron chi connectivity index (χ3n) is 2.15. The van der Waals surface area contributed by atoms with Gasteiger partial charge in [-0.2, -0.15) is 5.10 Å². The van der Waals surface area contributed by atoms with E-state index in [1.807, 2.05) is 31.2 Å². The first kappa shape index (κ1) is 11.9. The van der Waals surface area contributed by atoms with E-state index in [1.54, 1.807) is 18.2 Å². The Labute approximate surface area is 105 Å². The smallest absolute Gasteiger partial charge is 0.339 e. The molecule has 2 amide bonds. The predicted octanol–water partition coefficient (Wildman–Crippen LogP) is 2.74. The number of aryl methyl sites for hydroxylation is 1. The molecule has 0 fully saturated rings. The van der Waals surface area contributed by atoms with Crippen molar-refractivity contribution in [3.8, 4) is 0 Å². The molecule has 18 heavy (non-hydrogen) atoms. The zero-order chi connectivity index (χ0) is 12.8. The van der Waals surface area contributed by atoms with Gasteiger partial charge in [-0.1, -0.05) is 18.2 Å². The Morgan fingerprint density at radius 1 is 1.22 bits per heavy atom. The lowest BCUT2D eigenvalue weighted by Gasteiger charge is -2.02. The monoisotopic (exact) mass is 243 g/mol. The quantitative estimate of drug-likeness (QED) is 0.643. The summed E-state index contributed by atoms with van der Waals surface area (Å²) in [5, 5.41) is 6.41. The number of hydrazone groups is 1. The van der Waals surface area contributed by atoms with E-state index in [2.05, 4.69) is 15.8 Å². The molecule has 2 rings (SSSR count). The van der Waals surface area contributed by atoms with Gasteiger partial charge in [0.1, 0.15) is 11.5 Å². The van der Waals surface area contributed by atoms with Crippen molar-refractivity contribution < 1.29 is 9.21 Å². The number of furan rings is 1. The van der Waals surface area contributed by atoms with Gasteiger partial charge >= 0.3 is 6.03 Å². The van der Waals surface area contributed by atoms with E-state index < -0.39 is 6.03 Å². The molecule has 0 radical (unpaired) electrons. The largest absolute Gasteiger partial charge is 0.460 e. The topological polar surface area (TPSA) is 66.6 Å². The molecule has 1 heterocycles. The van der Waals surface area contributed by atoms with Crippen LogP contribution in [0.25, 0.3) is 0 Å². The molecule has 0 spiro atoms. The third kappa shape index (κ3) is 3.48. The number of carbonyl (C=O) groups excluding carboxylic acids is 1. The summed E-state index contributed by atoms with van der Waals surface area (Å²) >= 11 is 0. The van der Waals surface area contributed by atoms with Gasteiger partial charge in [0.2, 0.25) is 0 Å². The summed E-state index contributed by atoms with van der Waals surface area (Å²) in [6, 6.07) is 12.3. The van der Waals surface area contributed by atoms with E-state index >= 15 is 0 Å². The highest BCUT2D eigenvalue weighted by molar-refractivity contribution is 5.89. The predicted molar refractivity (Wildman–Crippen MR) is 69.6 cm³/mol. The molecular formula is C13H13N3O2. The maximum absolute atomic E-state index is 11.4. The first-order valence-electron chi connectivity index (χ1n) is 5.45. The first-order chi connectivity index (χ1) is 8.74. The van der Waals surface area contributed by atoms with E-state index in [0.717, 1.165) is 5.76 Å². The van der Waals surface area contributed by atoms with Crippen LogP contribution < -0.4 is 10.7 Å². The second kappa shape index (κ2) is 5.67. The molecule has 2 N–H and O–H groups in total. The van der Waals surface area contributed by atoms with E-state index in [-0.39, 0.29) is 0 Å². The highest BCUT2D eigenvalue weighted by Crippen LogP contribution is 2.04. The van der Waals surface area contributed by atoms with Crippen molar-refractivity contribution in [3.63, 3.8) is 0 Å². The molecule has 0 aliphatic heterocycles. The fraction of sp³-hybridized carbons (Fsp3) is 0.0769. The molecule has 0 aliphatic carbocycles. The number of amides is 2. The lowest BCUT2D eigenvalue weighted by atomic mass is 10.3. The van der Waals surface area contributed by atoms with Crippen molar-refractivity contribution in [1.82, 2.24) is 5.43 Å². The summed E-state index contributed by atoms with van der Waals surface area (Å²) < 4.78 is 5.26. The summed E-state index contributed by atoms with van der Waals surface area (Å²) in [7, 11) is 0. The molecule has 92 valence electrons. The van der Waals surface area contributed by atoms with Gasteiger partial charge < -0.3 is 9.73 Å². The summed E-state index contributed by atoms with van der Waals surface area (Å²) in [6.07, 6.45) is 1.44. The van der Waals surface area contributed by atoms with E-state index in [4.69, 9.17) is 4.42 Å². The summed E-state index contributed by atoms with van der Waals surface area (Å²) in [4.78, 5) is 11.4. The molecular weight excluding hydrogens is 230 g/mol. The standard InChI is InChI=1S/C13H13N3O2/c1-10-7-8-12(18-10)9-14-16-13(17)15-11-5-3-2-4-6-11/h2-9H,1H3,(H2,15,16,17)/b14-9+. The molecule has 0 saturated carbocycles. The number of hydrogen-bond donors (Lipinski definition) is 2. The van der Waals surface area contributed by atoms with Crippen molar-refractivity contribution in [2.24, 2.45) is 5.10 Å². The minimum atomic E-state index is -0.402. The number of rotatable bonds is 3. The van der Waals surface area contributed by atoms with Gasteiger partial charge in [-0.05, 0) is 31.2 Å². The number of carbonyl (C=O) groups is 1. The van der Waals surface area contributed by atoms with Gasteiger partial charge in [0.25, 0.3) is 0 Å². The summed E-state index contributed by atoms with van der Waals surface area (Å²) in [5.74, 6) is 1.39. The zero-order valence-corrected chi connectivity index (χ0v) is 9.88. The van der Waals surface area contributed by atoms with Crippen LogP contribution in [-0.4, -0.2) is 12.2 Å². The molecule has 5 nitrogen and oxygen atoms in total. The van der Waals surface area contributed by atoms with Crippen molar-refractivity contribution in [2.45, 2.75) is 6.92 Å². The fourth-order valence-electron chi connectivity index (χ4n) is 1.36. The lowest BCUT2D eigenvalue weighted by molar-refractivity contribution is 0.252.